The number of carbonyl (C=O) groups is 1. The number of pyridine rings is 1. The number of nitrogens with zero attached hydrogens (tertiary/aromatic N) is 1. The fraction of sp³-hybridized carbons (Fsp3) is 0.200. The second-order valence-electron chi connectivity index (χ2n) is 4.28. The molecule has 1 heterocycles. The van der Waals surface area contributed by atoms with Crippen LogP contribution in [0.1, 0.15) is 22.8 Å². The lowest BCUT2D eigenvalue weighted by atomic mass is 10.1. The lowest BCUT2D eigenvalue weighted by Crippen LogP contribution is -2.00. The van der Waals surface area contributed by atoms with E-state index in [2.05, 4.69) is 10.3 Å². The van der Waals surface area contributed by atoms with Crippen molar-refractivity contribution in [2.45, 2.75) is 13.8 Å². The van der Waals surface area contributed by atoms with Crippen molar-refractivity contribution < 1.29 is 14.6 Å². The molecule has 2 rings (SSSR count). The molecule has 0 fully saturated rings. The monoisotopic (exact) mass is 272 g/mol. The number of aromatic carboxylic acids is 1. The number of carboxylic acids is 1. The topological polar surface area (TPSA) is 71.5 Å². The second-order valence-corrected chi connectivity index (χ2v) is 4.28. The maximum atomic E-state index is 10.9. The average Bonchev–Trinajstić information content (AvgIpc) is 2.43. The van der Waals surface area contributed by atoms with Crippen LogP contribution in [-0.4, -0.2) is 22.7 Å². The van der Waals surface area contributed by atoms with E-state index in [4.69, 9.17) is 9.84 Å². The molecule has 0 saturated carbocycles. The van der Waals surface area contributed by atoms with Gasteiger partial charge in [-0.25, -0.2) is 9.78 Å². The standard InChI is InChI=1S/C15H16N2O3/c1-3-20-14-7-5-12(9-16-14)17-13-6-4-11(15(18)19)8-10(13)2/h4-9,17H,3H2,1-2H3,(H,18,19). The highest BCUT2D eigenvalue weighted by Gasteiger charge is 2.06. The van der Waals surface area contributed by atoms with Crippen LogP contribution in [0.5, 0.6) is 5.88 Å². The van der Waals surface area contributed by atoms with Gasteiger partial charge in [-0.15, -0.1) is 0 Å². The minimum atomic E-state index is -0.928. The fourth-order valence-corrected chi connectivity index (χ4v) is 1.78. The quantitative estimate of drug-likeness (QED) is 0.874. The van der Waals surface area contributed by atoms with Crippen molar-refractivity contribution in [1.82, 2.24) is 4.98 Å². The highest BCUT2D eigenvalue weighted by atomic mass is 16.5. The first-order chi connectivity index (χ1) is 9.60. The largest absolute Gasteiger partial charge is 0.478 e. The van der Waals surface area contributed by atoms with E-state index >= 15 is 0 Å². The van der Waals surface area contributed by atoms with Gasteiger partial charge in [0.1, 0.15) is 0 Å². The molecule has 2 aromatic rings. The zero-order valence-electron chi connectivity index (χ0n) is 11.4. The van der Waals surface area contributed by atoms with Crippen LogP contribution in [0.4, 0.5) is 11.4 Å². The minimum Gasteiger partial charge on any atom is -0.478 e. The molecule has 2 N–H and O–H groups in total. The molecule has 0 saturated heterocycles. The van der Waals surface area contributed by atoms with Gasteiger partial charge in [0.15, 0.2) is 0 Å². The molecular formula is C15H16N2O3. The minimum absolute atomic E-state index is 0.276. The summed E-state index contributed by atoms with van der Waals surface area (Å²) in [5.74, 6) is -0.349. The molecule has 0 bridgehead atoms. The summed E-state index contributed by atoms with van der Waals surface area (Å²) in [7, 11) is 0. The third-order valence-electron chi connectivity index (χ3n) is 2.78. The fourth-order valence-electron chi connectivity index (χ4n) is 1.78. The number of aromatic nitrogens is 1. The summed E-state index contributed by atoms with van der Waals surface area (Å²) in [6.07, 6.45) is 1.68. The van der Waals surface area contributed by atoms with Crippen molar-refractivity contribution in [2.24, 2.45) is 0 Å². The van der Waals surface area contributed by atoms with E-state index in [0.717, 1.165) is 16.9 Å². The van der Waals surface area contributed by atoms with Crippen LogP contribution in [0.15, 0.2) is 36.5 Å². The molecule has 0 amide bonds. The molecule has 0 unspecified atom stereocenters. The van der Waals surface area contributed by atoms with E-state index in [1.165, 1.54) is 0 Å². The van der Waals surface area contributed by atoms with Gasteiger partial charge < -0.3 is 15.2 Å². The Morgan fingerprint density at radius 1 is 1.35 bits per heavy atom. The number of benzene rings is 1. The van der Waals surface area contributed by atoms with Gasteiger partial charge in [-0.1, -0.05) is 0 Å². The summed E-state index contributed by atoms with van der Waals surface area (Å²) in [4.78, 5) is 15.0. The maximum absolute atomic E-state index is 10.9. The highest BCUT2D eigenvalue weighted by Crippen LogP contribution is 2.22. The van der Waals surface area contributed by atoms with Gasteiger partial charge in [-0.2, -0.15) is 0 Å². The van der Waals surface area contributed by atoms with Crippen LogP contribution < -0.4 is 10.1 Å². The number of anilines is 2. The summed E-state index contributed by atoms with van der Waals surface area (Å²) >= 11 is 0. The zero-order chi connectivity index (χ0) is 14.5. The van der Waals surface area contributed by atoms with E-state index in [-0.39, 0.29) is 5.56 Å². The molecule has 0 aliphatic carbocycles. The van der Waals surface area contributed by atoms with Crippen molar-refractivity contribution in [3.8, 4) is 5.88 Å². The number of hydrogen-bond donors (Lipinski definition) is 2. The predicted octanol–water partition coefficient (Wildman–Crippen LogP) is 3.23. The Labute approximate surface area is 117 Å². The normalized spacial score (nSPS) is 10.1. The lowest BCUT2D eigenvalue weighted by Gasteiger charge is -2.10. The molecule has 5 nitrogen and oxygen atoms in total. The van der Waals surface area contributed by atoms with E-state index in [0.29, 0.717) is 12.5 Å². The van der Waals surface area contributed by atoms with Crippen molar-refractivity contribution >= 4 is 17.3 Å². The van der Waals surface area contributed by atoms with E-state index < -0.39 is 5.97 Å². The van der Waals surface area contributed by atoms with Gasteiger partial charge in [0, 0.05) is 11.8 Å². The Morgan fingerprint density at radius 3 is 2.70 bits per heavy atom. The Morgan fingerprint density at radius 2 is 2.15 bits per heavy atom. The van der Waals surface area contributed by atoms with Crippen LogP contribution in [-0.2, 0) is 0 Å². The van der Waals surface area contributed by atoms with Crippen LogP contribution in [0.3, 0.4) is 0 Å². The maximum Gasteiger partial charge on any atom is 0.335 e. The number of hydrogen-bond acceptors (Lipinski definition) is 4. The summed E-state index contributed by atoms with van der Waals surface area (Å²) in [6.45, 7) is 4.34. The van der Waals surface area contributed by atoms with E-state index in [1.807, 2.05) is 19.9 Å². The third-order valence-corrected chi connectivity index (χ3v) is 2.78. The zero-order valence-corrected chi connectivity index (χ0v) is 11.4. The van der Waals surface area contributed by atoms with Crippen molar-refractivity contribution in [1.29, 1.82) is 0 Å². The van der Waals surface area contributed by atoms with Gasteiger partial charge in [0.2, 0.25) is 5.88 Å². The Bertz CT molecular complexity index is 609. The highest BCUT2D eigenvalue weighted by molar-refractivity contribution is 5.88. The lowest BCUT2D eigenvalue weighted by molar-refractivity contribution is 0.0697. The van der Waals surface area contributed by atoms with Crippen LogP contribution in [0, 0.1) is 6.92 Å². The third kappa shape index (κ3) is 3.26. The molecule has 0 atom stereocenters. The number of carboxylic acid groups (broad SMARTS) is 1. The molecule has 0 spiro atoms. The first-order valence-corrected chi connectivity index (χ1v) is 6.30. The molecule has 0 aliphatic rings. The van der Waals surface area contributed by atoms with Crippen molar-refractivity contribution in [3.63, 3.8) is 0 Å². The molecule has 1 aromatic heterocycles. The van der Waals surface area contributed by atoms with Gasteiger partial charge in [0.05, 0.1) is 24.1 Å². The van der Waals surface area contributed by atoms with Crippen molar-refractivity contribution in [2.75, 3.05) is 11.9 Å². The average molecular weight is 272 g/mol. The Kier molecular flexibility index (Phi) is 4.20. The van der Waals surface area contributed by atoms with Crippen LogP contribution >= 0.6 is 0 Å². The number of aryl methyl sites for hydroxylation is 1. The molecule has 1 aromatic carbocycles. The summed E-state index contributed by atoms with van der Waals surface area (Å²) in [5.41, 5.74) is 2.80. The molecular weight excluding hydrogens is 256 g/mol. The molecule has 104 valence electrons. The summed E-state index contributed by atoms with van der Waals surface area (Å²) in [6, 6.07) is 8.59. The molecule has 0 aliphatic heterocycles. The van der Waals surface area contributed by atoms with Crippen molar-refractivity contribution in [3.05, 3.63) is 47.7 Å². The van der Waals surface area contributed by atoms with Gasteiger partial charge in [-0.3, -0.25) is 0 Å². The van der Waals surface area contributed by atoms with E-state index in [1.54, 1.807) is 30.5 Å². The number of nitrogens with one attached hydrogen (secondary N) is 1. The van der Waals surface area contributed by atoms with Gasteiger partial charge in [0.25, 0.3) is 0 Å². The molecule has 0 radical (unpaired) electrons. The van der Waals surface area contributed by atoms with E-state index in [9.17, 15) is 4.79 Å². The molecule has 5 heteroatoms. The summed E-state index contributed by atoms with van der Waals surface area (Å²) < 4.78 is 5.27. The van der Waals surface area contributed by atoms with Crippen LogP contribution in [0.25, 0.3) is 0 Å². The number of ether oxygens (including phenoxy) is 1. The van der Waals surface area contributed by atoms with Gasteiger partial charge in [-0.05, 0) is 43.7 Å². The summed E-state index contributed by atoms with van der Waals surface area (Å²) in [5, 5.41) is 12.1. The van der Waals surface area contributed by atoms with Crippen LogP contribution in [0.2, 0.25) is 0 Å². The smallest absolute Gasteiger partial charge is 0.335 e. The second kappa shape index (κ2) is 6.06. The van der Waals surface area contributed by atoms with Gasteiger partial charge >= 0.3 is 5.97 Å². The first-order valence-electron chi connectivity index (χ1n) is 6.30. The Balaban J connectivity index is 2.15. The predicted molar refractivity (Wildman–Crippen MR) is 76.8 cm³/mol. The number of rotatable bonds is 5. The Hall–Kier alpha value is -2.56. The first kappa shape index (κ1) is 13.9. The SMILES string of the molecule is CCOc1ccc(Nc2ccc(C(=O)O)cc2C)cn1. The molecule has 20 heavy (non-hydrogen) atoms.